The average Bonchev–Trinajstić information content (AvgIpc) is 3.51. The van der Waals surface area contributed by atoms with Crippen LogP contribution in [0.15, 0.2) is 72.8 Å². The predicted molar refractivity (Wildman–Crippen MR) is 143 cm³/mol. The van der Waals surface area contributed by atoms with Crippen LogP contribution in [-0.4, -0.2) is 23.5 Å². The molecule has 0 aromatic heterocycles. The first-order valence-corrected chi connectivity index (χ1v) is 13.2. The fourth-order valence-electron chi connectivity index (χ4n) is 6.53. The zero-order chi connectivity index (χ0) is 25.3. The molecular weight excluding hydrogens is 446 g/mol. The molecule has 36 heavy (non-hydrogen) atoms. The number of nitrogens with one attached hydrogen (secondary N) is 1. The van der Waals surface area contributed by atoms with Gasteiger partial charge in [0, 0.05) is 17.5 Å². The number of rotatable bonds is 8. The molecule has 1 amide bonds. The molecule has 2 N–H and O–H groups in total. The molecule has 2 fully saturated rings. The summed E-state index contributed by atoms with van der Waals surface area (Å²) in [6.07, 6.45) is 4.92. The first kappa shape index (κ1) is 24.3. The maximum atomic E-state index is 12.5. The van der Waals surface area contributed by atoms with Crippen LogP contribution in [0.25, 0.3) is 11.1 Å². The van der Waals surface area contributed by atoms with Crippen molar-refractivity contribution in [2.24, 2.45) is 11.8 Å². The number of fused-ring (bicyclic) bond motifs is 2. The highest BCUT2D eigenvalue weighted by atomic mass is 16.4. The van der Waals surface area contributed by atoms with E-state index in [0.717, 1.165) is 12.3 Å². The quantitative estimate of drug-likeness (QED) is 0.372. The topological polar surface area (TPSA) is 66.4 Å². The van der Waals surface area contributed by atoms with Crippen LogP contribution in [0, 0.1) is 11.8 Å². The second kappa shape index (κ2) is 9.93. The molecule has 4 heteroatoms. The van der Waals surface area contributed by atoms with Crippen LogP contribution < -0.4 is 5.32 Å². The van der Waals surface area contributed by atoms with Gasteiger partial charge in [0.25, 0.3) is 5.91 Å². The minimum Gasteiger partial charge on any atom is -0.481 e. The van der Waals surface area contributed by atoms with Crippen LogP contribution in [0.2, 0.25) is 0 Å². The van der Waals surface area contributed by atoms with Crippen LogP contribution in [0.5, 0.6) is 0 Å². The van der Waals surface area contributed by atoms with Gasteiger partial charge >= 0.3 is 5.97 Å². The third kappa shape index (κ3) is 4.57. The Labute approximate surface area is 213 Å². The average molecular weight is 482 g/mol. The van der Waals surface area contributed by atoms with E-state index in [9.17, 15) is 9.59 Å². The normalized spacial score (nSPS) is 22.6. The molecule has 4 nitrogen and oxygen atoms in total. The summed E-state index contributed by atoms with van der Waals surface area (Å²) in [7, 11) is 0. The van der Waals surface area contributed by atoms with Crippen molar-refractivity contribution in [3.63, 3.8) is 0 Å². The van der Waals surface area contributed by atoms with Crippen molar-refractivity contribution >= 4 is 11.9 Å². The molecule has 5 rings (SSSR count). The highest BCUT2D eigenvalue weighted by Crippen LogP contribution is 2.60. The highest BCUT2D eigenvalue weighted by molar-refractivity contribution is 5.94. The van der Waals surface area contributed by atoms with Gasteiger partial charge in [-0.1, -0.05) is 80.9 Å². The zero-order valence-corrected chi connectivity index (χ0v) is 21.2. The SMILES string of the molecule is CC(C)c1ccc(-c2ccc(C3(c4ccc(C(=O)NCCC(=O)O)cc4)CC4CCC3C4)cc2)cc1. The Morgan fingerprint density at radius 1 is 0.889 bits per heavy atom. The minimum absolute atomic E-state index is 0.0126. The van der Waals surface area contributed by atoms with Crippen molar-refractivity contribution in [3.05, 3.63) is 95.1 Å². The molecule has 2 aliphatic rings. The molecule has 0 radical (unpaired) electrons. The van der Waals surface area contributed by atoms with Gasteiger partial charge in [0.1, 0.15) is 0 Å². The Kier molecular flexibility index (Phi) is 6.70. The van der Waals surface area contributed by atoms with Crippen molar-refractivity contribution in [2.45, 2.75) is 57.3 Å². The van der Waals surface area contributed by atoms with Crippen LogP contribution in [-0.2, 0) is 10.2 Å². The maximum Gasteiger partial charge on any atom is 0.305 e. The number of carboxylic acid groups (broad SMARTS) is 1. The molecule has 3 atom stereocenters. The van der Waals surface area contributed by atoms with Gasteiger partial charge in [-0.2, -0.15) is 0 Å². The van der Waals surface area contributed by atoms with E-state index in [1.165, 1.54) is 47.1 Å². The molecule has 186 valence electrons. The van der Waals surface area contributed by atoms with Crippen molar-refractivity contribution in [1.29, 1.82) is 0 Å². The monoisotopic (exact) mass is 481 g/mol. The summed E-state index contributed by atoms with van der Waals surface area (Å²) >= 11 is 0. The van der Waals surface area contributed by atoms with Crippen LogP contribution in [0.4, 0.5) is 0 Å². The van der Waals surface area contributed by atoms with Crippen LogP contribution in [0.3, 0.4) is 0 Å². The van der Waals surface area contributed by atoms with Crippen LogP contribution >= 0.6 is 0 Å². The lowest BCUT2D eigenvalue weighted by Crippen LogP contribution is -2.34. The number of carbonyl (C=O) groups is 2. The summed E-state index contributed by atoms with van der Waals surface area (Å²) < 4.78 is 0. The molecule has 3 unspecified atom stereocenters. The molecule has 2 aliphatic carbocycles. The molecule has 0 spiro atoms. The lowest BCUT2D eigenvalue weighted by molar-refractivity contribution is -0.136. The third-order valence-electron chi connectivity index (χ3n) is 8.45. The van der Waals surface area contributed by atoms with Crippen molar-refractivity contribution in [2.75, 3.05) is 6.54 Å². The van der Waals surface area contributed by atoms with E-state index in [1.807, 2.05) is 12.1 Å². The van der Waals surface area contributed by atoms with Gasteiger partial charge in [-0.25, -0.2) is 0 Å². The zero-order valence-electron chi connectivity index (χ0n) is 21.2. The van der Waals surface area contributed by atoms with Gasteiger partial charge in [-0.05, 0) is 77.0 Å². The number of carbonyl (C=O) groups excluding carboxylic acids is 1. The molecule has 0 saturated heterocycles. The van der Waals surface area contributed by atoms with Crippen molar-refractivity contribution in [3.8, 4) is 11.1 Å². The molecule has 0 aliphatic heterocycles. The number of carboxylic acids is 1. The summed E-state index contributed by atoms with van der Waals surface area (Å²) in [4.78, 5) is 23.2. The lowest BCUT2D eigenvalue weighted by Gasteiger charge is -2.39. The third-order valence-corrected chi connectivity index (χ3v) is 8.45. The summed E-state index contributed by atoms with van der Waals surface area (Å²) in [5.41, 5.74) is 7.05. The van der Waals surface area contributed by atoms with E-state index in [0.29, 0.717) is 17.4 Å². The van der Waals surface area contributed by atoms with Gasteiger partial charge in [0.2, 0.25) is 0 Å². The van der Waals surface area contributed by atoms with E-state index in [-0.39, 0.29) is 24.3 Å². The Balaban J connectivity index is 1.41. The molecular formula is C32H35NO3. The van der Waals surface area contributed by atoms with Crippen molar-refractivity contribution < 1.29 is 14.7 Å². The molecule has 2 saturated carbocycles. The summed E-state index contributed by atoms with van der Waals surface area (Å²) in [5.74, 6) is 0.771. The molecule has 2 bridgehead atoms. The van der Waals surface area contributed by atoms with E-state index in [1.54, 1.807) is 0 Å². The Morgan fingerprint density at radius 3 is 1.97 bits per heavy atom. The number of aliphatic carboxylic acids is 1. The second-order valence-electron chi connectivity index (χ2n) is 10.9. The minimum atomic E-state index is -0.914. The maximum absolute atomic E-state index is 12.5. The highest BCUT2D eigenvalue weighted by Gasteiger charge is 2.52. The fourth-order valence-corrected chi connectivity index (χ4v) is 6.53. The Morgan fingerprint density at radius 2 is 1.47 bits per heavy atom. The van der Waals surface area contributed by atoms with E-state index in [2.05, 4.69) is 79.8 Å². The standard InChI is InChI=1S/C32H35NO3/c1-21(2)23-4-6-24(7-5-23)25-8-13-27(14-9-25)32(20-22-3-12-29(32)19-22)28-15-10-26(11-16-28)31(36)33-18-17-30(34)35/h4-11,13-16,21-22,29H,3,12,17-20H2,1-2H3,(H,33,36)(H,34,35). The fraction of sp³-hybridized carbons (Fsp3) is 0.375. The predicted octanol–water partition coefficient (Wildman–Crippen LogP) is 6.79. The number of hydrogen-bond acceptors (Lipinski definition) is 2. The van der Waals surface area contributed by atoms with E-state index < -0.39 is 5.97 Å². The van der Waals surface area contributed by atoms with Gasteiger partial charge in [-0.3, -0.25) is 9.59 Å². The van der Waals surface area contributed by atoms with Gasteiger partial charge in [-0.15, -0.1) is 0 Å². The van der Waals surface area contributed by atoms with Gasteiger partial charge in [0.15, 0.2) is 0 Å². The van der Waals surface area contributed by atoms with Crippen molar-refractivity contribution in [1.82, 2.24) is 5.32 Å². The number of amides is 1. The summed E-state index contributed by atoms with van der Waals surface area (Å²) in [6, 6.07) is 26.1. The molecule has 3 aromatic carbocycles. The largest absolute Gasteiger partial charge is 0.481 e. The van der Waals surface area contributed by atoms with E-state index >= 15 is 0 Å². The van der Waals surface area contributed by atoms with Gasteiger partial charge < -0.3 is 10.4 Å². The summed E-state index contributed by atoms with van der Waals surface area (Å²) in [6.45, 7) is 4.57. The Hall–Kier alpha value is -3.40. The van der Waals surface area contributed by atoms with Gasteiger partial charge in [0.05, 0.1) is 6.42 Å². The molecule has 3 aromatic rings. The first-order valence-electron chi connectivity index (χ1n) is 13.2. The summed E-state index contributed by atoms with van der Waals surface area (Å²) in [5, 5.41) is 11.5. The lowest BCUT2D eigenvalue weighted by atomic mass is 9.64. The van der Waals surface area contributed by atoms with Crippen LogP contribution in [0.1, 0.15) is 78.9 Å². The first-order chi connectivity index (χ1) is 17.4. The second-order valence-corrected chi connectivity index (χ2v) is 10.9. The van der Waals surface area contributed by atoms with E-state index in [4.69, 9.17) is 5.11 Å². The number of hydrogen-bond donors (Lipinski definition) is 2. The Bertz CT molecular complexity index is 1230. The number of benzene rings is 3. The smallest absolute Gasteiger partial charge is 0.305 e. The molecule has 0 heterocycles.